The molecule has 4 aromatic carbocycles. The summed E-state index contributed by atoms with van der Waals surface area (Å²) >= 11 is 0. The van der Waals surface area contributed by atoms with Crippen LogP contribution in [0.2, 0.25) is 0 Å². The van der Waals surface area contributed by atoms with Crippen LogP contribution < -0.4 is 35.4 Å². The molecule has 0 aromatic heterocycles. The third-order valence-electron chi connectivity index (χ3n) is 5.41. The number of halogens is 2. The predicted molar refractivity (Wildman–Crippen MR) is 159 cm³/mol. The van der Waals surface area contributed by atoms with Crippen molar-refractivity contribution in [3.05, 3.63) is 121 Å². The Kier molecular flexibility index (Phi) is 23.7. The van der Waals surface area contributed by atoms with Gasteiger partial charge in [0.25, 0.3) is 0 Å². The average Bonchev–Trinajstić information content (AvgIpc) is 3.67. The van der Waals surface area contributed by atoms with Crippen LogP contribution in [-0.2, 0) is 52.4 Å². The predicted octanol–water partition coefficient (Wildman–Crippen LogP) is 2.47. The van der Waals surface area contributed by atoms with Crippen LogP contribution in [0.3, 0.4) is 0 Å². The molecule has 0 unspecified atom stereocenters. The topological polar surface area (TPSA) is 0 Å². The average molecular weight is 734 g/mol. The molecule has 2 aliphatic rings. The maximum atomic E-state index is 2.99. The smallest absolute Gasteiger partial charge is 1.00 e. The molecule has 0 nitrogen and oxygen atoms in total. The Hall–Kier alpha value is -0.174. The van der Waals surface area contributed by atoms with Gasteiger partial charge in [0.2, 0.25) is 0 Å². The molecule has 0 fully saturated rings. The second-order valence-corrected chi connectivity index (χ2v) is 13.1. The molecular formula is C32H34Cl2P2Zr2-2. The monoisotopic (exact) mass is 730 g/mol. The van der Waals surface area contributed by atoms with Gasteiger partial charge < -0.3 is 24.8 Å². The van der Waals surface area contributed by atoms with E-state index in [9.17, 15) is 0 Å². The summed E-state index contributed by atoms with van der Waals surface area (Å²) in [5, 5.41) is 8.53. The molecule has 196 valence electrons. The molecule has 0 radical (unpaired) electrons. The van der Waals surface area contributed by atoms with Crippen LogP contribution in [0.5, 0.6) is 0 Å². The van der Waals surface area contributed by atoms with Crippen molar-refractivity contribution < 1.29 is 77.2 Å². The van der Waals surface area contributed by atoms with E-state index in [1.54, 1.807) is 0 Å². The molecule has 6 rings (SSSR count). The molecule has 0 bridgehead atoms. The molecular weight excluding hydrogens is 700 g/mol. The van der Waals surface area contributed by atoms with E-state index in [2.05, 4.69) is 124 Å². The minimum absolute atomic E-state index is 0. The fraction of sp³-hybridized carbons (Fsp3) is 0.188. The van der Waals surface area contributed by atoms with Gasteiger partial charge in [-0.05, 0) is 26.7 Å². The quantitative estimate of drug-likeness (QED) is 0.220. The van der Waals surface area contributed by atoms with Crippen LogP contribution in [-0.4, -0.2) is 26.7 Å². The van der Waals surface area contributed by atoms with E-state index in [0.29, 0.717) is 0 Å². The summed E-state index contributed by atoms with van der Waals surface area (Å²) in [6.07, 6.45) is 20.0. The molecule has 0 saturated heterocycles. The SMILES string of the molecule is CP(C)c1cc2ccccc2[cH-]1.CP(C)c1cc2ccccc2[cH-]1.[C-]1=CC=CC1.[C-]1=CC=CC1.[Cl-].[Cl-].[Zr+2].[Zr+2]. The van der Waals surface area contributed by atoms with Gasteiger partial charge in [-0.1, -0.05) is 12.1 Å². The molecule has 0 aliphatic heterocycles. The zero-order valence-electron chi connectivity index (χ0n) is 22.5. The molecule has 0 amide bonds. The number of fused-ring (bicyclic) bond motifs is 2. The second kappa shape index (κ2) is 22.5. The number of hydrogen-bond donors (Lipinski definition) is 0. The minimum atomic E-state index is 0. The Labute approximate surface area is 283 Å². The van der Waals surface area contributed by atoms with Crippen LogP contribution in [0.1, 0.15) is 12.8 Å². The molecule has 2 aliphatic carbocycles. The molecule has 0 saturated carbocycles. The first-order chi connectivity index (χ1) is 16.5. The van der Waals surface area contributed by atoms with Gasteiger partial charge in [-0.15, -0.1) is 109 Å². The zero-order valence-corrected chi connectivity index (χ0v) is 30.7. The number of hydrogen-bond acceptors (Lipinski definition) is 0. The Balaban J connectivity index is 0. The first-order valence-electron chi connectivity index (χ1n) is 11.6. The standard InChI is InChI=1S/2C11H12P.2C5H5.2ClH.2Zr/c2*1-12(2)11-7-9-5-3-4-6-10(9)8-11;2*1-2-4-5-3-1;;;;/h2*3-8H,1-2H3;2*1-3H,4H2;2*1H;;/q4*-1;;;2*+2/p-2. The molecule has 38 heavy (non-hydrogen) atoms. The van der Waals surface area contributed by atoms with Crippen molar-refractivity contribution in [2.45, 2.75) is 12.8 Å². The van der Waals surface area contributed by atoms with Crippen LogP contribution in [0.4, 0.5) is 0 Å². The van der Waals surface area contributed by atoms with Crippen molar-refractivity contribution in [2.24, 2.45) is 0 Å². The summed E-state index contributed by atoms with van der Waals surface area (Å²) in [6, 6.07) is 26.3. The van der Waals surface area contributed by atoms with E-state index in [1.807, 2.05) is 24.3 Å². The van der Waals surface area contributed by atoms with Gasteiger partial charge in [0.1, 0.15) is 0 Å². The summed E-state index contributed by atoms with van der Waals surface area (Å²) in [5.41, 5.74) is 0. The fourth-order valence-corrected chi connectivity index (χ4v) is 5.05. The zero-order chi connectivity index (χ0) is 24.2. The van der Waals surface area contributed by atoms with E-state index in [0.717, 1.165) is 12.8 Å². The molecule has 6 heteroatoms. The fourth-order valence-electron chi connectivity index (χ4n) is 3.47. The Bertz CT molecular complexity index is 1090. The van der Waals surface area contributed by atoms with E-state index in [1.165, 1.54) is 32.2 Å². The molecule has 0 spiro atoms. The molecule has 0 atom stereocenters. The van der Waals surface area contributed by atoms with Crippen LogP contribution >= 0.6 is 15.8 Å². The Morgan fingerprint density at radius 3 is 1.21 bits per heavy atom. The summed E-state index contributed by atoms with van der Waals surface area (Å²) in [5.74, 6) is 0. The van der Waals surface area contributed by atoms with E-state index in [4.69, 9.17) is 0 Å². The van der Waals surface area contributed by atoms with Gasteiger partial charge in [-0.3, -0.25) is 12.2 Å². The first-order valence-corrected chi connectivity index (χ1v) is 16.1. The van der Waals surface area contributed by atoms with Gasteiger partial charge in [0.15, 0.2) is 0 Å². The third-order valence-corrected chi connectivity index (χ3v) is 7.99. The maximum absolute atomic E-state index is 2.99. The van der Waals surface area contributed by atoms with Gasteiger partial charge in [-0.2, -0.15) is 24.3 Å². The van der Waals surface area contributed by atoms with Crippen LogP contribution in [0.25, 0.3) is 21.5 Å². The molecule has 0 N–H and O–H groups in total. The summed E-state index contributed by atoms with van der Waals surface area (Å²) in [7, 11) is 0.115. The molecule has 0 heterocycles. The Morgan fingerprint density at radius 1 is 0.605 bits per heavy atom. The summed E-state index contributed by atoms with van der Waals surface area (Å²) < 4.78 is 0. The number of rotatable bonds is 2. The molecule has 4 aromatic rings. The van der Waals surface area contributed by atoms with Crippen LogP contribution in [0.15, 0.2) is 109 Å². The van der Waals surface area contributed by atoms with Crippen LogP contribution in [0, 0.1) is 12.2 Å². The van der Waals surface area contributed by atoms with Crippen molar-refractivity contribution in [3.63, 3.8) is 0 Å². The van der Waals surface area contributed by atoms with Crippen molar-refractivity contribution in [1.29, 1.82) is 0 Å². The van der Waals surface area contributed by atoms with Gasteiger partial charge in [0.05, 0.1) is 0 Å². The van der Waals surface area contributed by atoms with Gasteiger partial charge in [-0.25, -0.2) is 24.3 Å². The first kappa shape index (κ1) is 40.0. The van der Waals surface area contributed by atoms with Crippen molar-refractivity contribution in [2.75, 3.05) is 26.7 Å². The van der Waals surface area contributed by atoms with Crippen molar-refractivity contribution >= 4 is 48.0 Å². The maximum Gasteiger partial charge on any atom is 2.00 e. The van der Waals surface area contributed by atoms with E-state index in [-0.39, 0.29) is 93.1 Å². The van der Waals surface area contributed by atoms with Crippen molar-refractivity contribution in [1.82, 2.24) is 0 Å². The number of benzene rings is 2. The van der Waals surface area contributed by atoms with Gasteiger partial charge in [0, 0.05) is 0 Å². The Morgan fingerprint density at radius 2 is 0.974 bits per heavy atom. The van der Waals surface area contributed by atoms with Crippen molar-refractivity contribution in [3.8, 4) is 0 Å². The third kappa shape index (κ3) is 13.9. The summed E-state index contributed by atoms with van der Waals surface area (Å²) in [6.45, 7) is 9.18. The number of allylic oxidation sites excluding steroid dienone is 8. The minimum Gasteiger partial charge on any atom is -1.00 e. The largest absolute Gasteiger partial charge is 2.00 e. The van der Waals surface area contributed by atoms with E-state index >= 15 is 0 Å². The van der Waals surface area contributed by atoms with Gasteiger partial charge >= 0.3 is 52.4 Å². The summed E-state index contributed by atoms with van der Waals surface area (Å²) in [4.78, 5) is 0. The second-order valence-electron chi connectivity index (χ2n) is 8.48. The normalized spacial score (nSPS) is 11.7. The van der Waals surface area contributed by atoms with E-state index < -0.39 is 0 Å².